The summed E-state index contributed by atoms with van der Waals surface area (Å²) in [5.41, 5.74) is 6.55. The fourth-order valence-corrected chi connectivity index (χ4v) is 6.83. The van der Waals surface area contributed by atoms with Crippen LogP contribution in [0.1, 0.15) is 78.1 Å². The van der Waals surface area contributed by atoms with Gasteiger partial charge in [0.25, 0.3) is 0 Å². The van der Waals surface area contributed by atoms with E-state index in [9.17, 15) is 9.81 Å². The Morgan fingerprint density at radius 1 is 1.11 bits per heavy atom. The van der Waals surface area contributed by atoms with Gasteiger partial charge in [-0.1, -0.05) is 36.0 Å². The average Bonchev–Trinajstić information content (AvgIpc) is 3.07. The molecule has 0 aromatic heterocycles. The summed E-state index contributed by atoms with van der Waals surface area (Å²) < 4.78 is 6.55. The van der Waals surface area contributed by atoms with Gasteiger partial charge in [-0.05, 0) is 69.6 Å². The SMILES string of the molecule is CC(N=O)C1CCC[C@H]1C1CC2(CCN=O)CCCCCC2(C(C)N)CO1. The highest BCUT2D eigenvalue weighted by atomic mass is 16.5. The van der Waals surface area contributed by atoms with Crippen molar-refractivity contribution in [2.24, 2.45) is 38.8 Å². The number of nitrogens with two attached hydrogens (primary N) is 1. The van der Waals surface area contributed by atoms with E-state index in [0.717, 1.165) is 44.9 Å². The summed E-state index contributed by atoms with van der Waals surface area (Å²) in [5, 5.41) is 6.57. The second kappa shape index (κ2) is 8.64. The van der Waals surface area contributed by atoms with Gasteiger partial charge >= 0.3 is 0 Å². The first kappa shape index (κ1) is 20.8. The molecular formula is C21H37N3O3. The Bertz CT molecular complexity index is 529. The van der Waals surface area contributed by atoms with Gasteiger partial charge in [-0.25, -0.2) is 0 Å². The maximum absolute atomic E-state index is 11.2. The summed E-state index contributed by atoms with van der Waals surface area (Å²) in [5.74, 6) is 0.718. The second-order valence-corrected chi connectivity index (χ2v) is 9.55. The van der Waals surface area contributed by atoms with Gasteiger partial charge in [-0.3, -0.25) is 0 Å². The van der Waals surface area contributed by atoms with E-state index in [1.807, 2.05) is 6.92 Å². The van der Waals surface area contributed by atoms with Gasteiger partial charge in [-0.2, -0.15) is 9.81 Å². The van der Waals surface area contributed by atoms with Crippen molar-refractivity contribution < 1.29 is 4.74 Å². The van der Waals surface area contributed by atoms with Crippen LogP contribution in [-0.2, 0) is 4.74 Å². The van der Waals surface area contributed by atoms with Gasteiger partial charge in [0.2, 0.25) is 0 Å². The van der Waals surface area contributed by atoms with Gasteiger partial charge < -0.3 is 10.5 Å². The van der Waals surface area contributed by atoms with Crippen molar-refractivity contribution >= 4 is 0 Å². The lowest BCUT2D eigenvalue weighted by molar-refractivity contribution is -0.183. The summed E-state index contributed by atoms with van der Waals surface area (Å²) >= 11 is 0. The van der Waals surface area contributed by atoms with E-state index < -0.39 is 0 Å². The van der Waals surface area contributed by atoms with Crippen molar-refractivity contribution in [1.82, 2.24) is 0 Å². The van der Waals surface area contributed by atoms with E-state index in [1.54, 1.807) is 0 Å². The van der Waals surface area contributed by atoms with Crippen LogP contribution in [0.2, 0.25) is 0 Å². The van der Waals surface area contributed by atoms with Gasteiger partial charge in [-0.15, -0.1) is 0 Å². The molecule has 27 heavy (non-hydrogen) atoms. The topological polar surface area (TPSA) is 94.1 Å². The minimum Gasteiger partial charge on any atom is -0.377 e. The first-order valence-corrected chi connectivity index (χ1v) is 11.0. The highest BCUT2D eigenvalue weighted by molar-refractivity contribution is 5.08. The van der Waals surface area contributed by atoms with Crippen molar-refractivity contribution in [3.8, 4) is 0 Å². The van der Waals surface area contributed by atoms with E-state index in [2.05, 4.69) is 17.3 Å². The molecule has 0 amide bonds. The highest BCUT2D eigenvalue weighted by Gasteiger charge is 2.58. The molecule has 0 aromatic carbocycles. The van der Waals surface area contributed by atoms with Crippen LogP contribution in [0.15, 0.2) is 10.4 Å². The molecule has 1 aliphatic heterocycles. The van der Waals surface area contributed by atoms with Crippen molar-refractivity contribution in [3.05, 3.63) is 9.81 Å². The van der Waals surface area contributed by atoms with Crippen LogP contribution in [-0.4, -0.2) is 31.3 Å². The third-order valence-electron chi connectivity index (χ3n) is 8.42. The fourth-order valence-electron chi connectivity index (χ4n) is 6.83. The molecular weight excluding hydrogens is 342 g/mol. The summed E-state index contributed by atoms with van der Waals surface area (Å²) in [6.07, 6.45) is 11.1. The molecule has 3 rings (SSSR count). The van der Waals surface area contributed by atoms with Crippen LogP contribution in [0, 0.1) is 32.5 Å². The van der Waals surface area contributed by atoms with E-state index in [0.29, 0.717) is 25.0 Å². The molecule has 2 aliphatic carbocycles. The Labute approximate surface area is 163 Å². The molecule has 2 saturated carbocycles. The van der Waals surface area contributed by atoms with Gasteiger partial charge in [0.15, 0.2) is 0 Å². The molecule has 0 bridgehead atoms. The molecule has 2 N–H and O–H groups in total. The second-order valence-electron chi connectivity index (χ2n) is 9.55. The lowest BCUT2D eigenvalue weighted by Gasteiger charge is -2.58. The quantitative estimate of drug-likeness (QED) is 0.644. The Balaban J connectivity index is 1.90. The predicted octanol–water partition coefficient (Wildman–Crippen LogP) is 4.79. The monoisotopic (exact) mass is 379 g/mol. The summed E-state index contributed by atoms with van der Waals surface area (Å²) in [7, 11) is 0. The standard InChI is InChI=1S/C21H37N3O3/c1-15(24-26)17-7-6-8-18(17)19-13-20(11-12-23-25)9-4-3-5-10-21(20,14-27-19)16(2)22/h15-19H,3-14,22H2,1-2H3/t15?,16?,17?,18-,19?,20?,21?/m1/s1. The van der Waals surface area contributed by atoms with Gasteiger partial charge in [0, 0.05) is 11.5 Å². The Hall–Kier alpha value is -0.880. The Morgan fingerprint density at radius 3 is 2.59 bits per heavy atom. The number of hydrogen-bond donors (Lipinski definition) is 1. The van der Waals surface area contributed by atoms with E-state index in [1.165, 1.54) is 19.3 Å². The molecule has 6 heteroatoms. The molecule has 154 valence electrons. The number of nitroso groups, excluding NO2 is 2. The molecule has 3 fully saturated rings. The summed E-state index contributed by atoms with van der Waals surface area (Å²) in [6, 6.07) is -0.110. The molecule has 0 aromatic rings. The Kier molecular flexibility index (Phi) is 6.67. The van der Waals surface area contributed by atoms with Crippen molar-refractivity contribution in [1.29, 1.82) is 0 Å². The predicted molar refractivity (Wildman–Crippen MR) is 107 cm³/mol. The lowest BCUT2D eigenvalue weighted by Crippen LogP contribution is -2.60. The average molecular weight is 380 g/mol. The normalized spacial score (nSPS) is 42.0. The van der Waals surface area contributed by atoms with Crippen LogP contribution >= 0.6 is 0 Å². The zero-order valence-corrected chi connectivity index (χ0v) is 17.1. The van der Waals surface area contributed by atoms with Crippen molar-refractivity contribution in [2.75, 3.05) is 13.2 Å². The van der Waals surface area contributed by atoms with Crippen LogP contribution in [0.25, 0.3) is 0 Å². The zero-order chi connectivity index (χ0) is 19.5. The number of fused-ring (bicyclic) bond motifs is 1. The lowest BCUT2D eigenvalue weighted by atomic mass is 9.52. The fraction of sp³-hybridized carbons (Fsp3) is 1.00. The van der Waals surface area contributed by atoms with Crippen LogP contribution in [0.3, 0.4) is 0 Å². The largest absolute Gasteiger partial charge is 0.377 e. The molecule has 6 unspecified atom stereocenters. The van der Waals surface area contributed by atoms with E-state index in [4.69, 9.17) is 10.5 Å². The van der Waals surface area contributed by atoms with Crippen LogP contribution in [0.5, 0.6) is 0 Å². The summed E-state index contributed by atoms with van der Waals surface area (Å²) in [4.78, 5) is 22.2. The maximum atomic E-state index is 11.2. The maximum Gasteiger partial charge on any atom is 0.0923 e. The van der Waals surface area contributed by atoms with Crippen LogP contribution < -0.4 is 5.73 Å². The number of hydrogen-bond acceptors (Lipinski definition) is 6. The first-order valence-electron chi connectivity index (χ1n) is 11.0. The Morgan fingerprint density at radius 2 is 1.89 bits per heavy atom. The number of nitrogens with zero attached hydrogens (tertiary/aromatic N) is 2. The molecule has 1 saturated heterocycles. The smallest absolute Gasteiger partial charge is 0.0923 e. The van der Waals surface area contributed by atoms with E-state index in [-0.39, 0.29) is 29.0 Å². The zero-order valence-electron chi connectivity index (χ0n) is 17.1. The van der Waals surface area contributed by atoms with Crippen molar-refractivity contribution in [2.45, 2.75) is 96.2 Å². The van der Waals surface area contributed by atoms with Gasteiger partial charge in [0.05, 0.1) is 25.3 Å². The minimum atomic E-state index is -0.150. The number of rotatable bonds is 7. The van der Waals surface area contributed by atoms with Gasteiger partial charge in [0.1, 0.15) is 0 Å². The highest BCUT2D eigenvalue weighted by Crippen LogP contribution is 2.60. The minimum absolute atomic E-state index is 0.0273. The van der Waals surface area contributed by atoms with Crippen LogP contribution in [0.4, 0.5) is 0 Å². The third-order valence-corrected chi connectivity index (χ3v) is 8.42. The molecule has 1 heterocycles. The summed E-state index contributed by atoms with van der Waals surface area (Å²) in [6.45, 7) is 5.11. The molecule has 6 nitrogen and oxygen atoms in total. The third kappa shape index (κ3) is 3.71. The van der Waals surface area contributed by atoms with Crippen molar-refractivity contribution in [3.63, 3.8) is 0 Å². The molecule has 0 radical (unpaired) electrons. The first-order chi connectivity index (χ1) is 13.0. The molecule has 3 aliphatic rings. The molecule has 7 atom stereocenters. The number of ether oxygens (including phenoxy) is 1. The molecule has 0 spiro atoms. The van der Waals surface area contributed by atoms with E-state index >= 15 is 0 Å².